The van der Waals surface area contributed by atoms with Gasteiger partial charge in [-0.2, -0.15) is 5.26 Å². The van der Waals surface area contributed by atoms with Crippen LogP contribution in [0.5, 0.6) is 0 Å². The minimum atomic E-state index is -0.155. The molecule has 82 valence electrons. The quantitative estimate of drug-likeness (QED) is 0.739. The summed E-state index contributed by atoms with van der Waals surface area (Å²) in [5, 5.41) is 11.9. The summed E-state index contributed by atoms with van der Waals surface area (Å²) >= 11 is 0. The molecule has 1 amide bonds. The third kappa shape index (κ3) is 2.29. The maximum Gasteiger partial charge on any atom is 0.237 e. The zero-order chi connectivity index (χ0) is 10.8. The summed E-state index contributed by atoms with van der Waals surface area (Å²) in [4.78, 5) is 13.8. The maximum absolute atomic E-state index is 11.8. The standard InChI is InChI=1S/C11H17N3O/c1-8(11(15)13-9-4-5-9)14-6-2-3-10(14)7-12/h8-10H,2-6H2,1H3,(H,13,15). The summed E-state index contributed by atoms with van der Waals surface area (Å²) < 4.78 is 0. The Morgan fingerprint density at radius 1 is 1.53 bits per heavy atom. The normalized spacial score (nSPS) is 28.4. The molecule has 1 saturated carbocycles. The highest BCUT2D eigenvalue weighted by atomic mass is 16.2. The molecule has 1 N–H and O–H groups in total. The molecule has 1 saturated heterocycles. The molecule has 1 aliphatic heterocycles. The van der Waals surface area contributed by atoms with E-state index in [1.807, 2.05) is 11.8 Å². The van der Waals surface area contributed by atoms with Gasteiger partial charge in [0.15, 0.2) is 0 Å². The molecule has 2 unspecified atom stereocenters. The number of hydrogen-bond acceptors (Lipinski definition) is 3. The Morgan fingerprint density at radius 2 is 2.27 bits per heavy atom. The second-order valence-electron chi connectivity index (χ2n) is 4.48. The van der Waals surface area contributed by atoms with Gasteiger partial charge in [-0.15, -0.1) is 0 Å². The number of carbonyl (C=O) groups is 1. The number of nitrogens with zero attached hydrogens (tertiary/aromatic N) is 2. The molecule has 4 nitrogen and oxygen atoms in total. The summed E-state index contributed by atoms with van der Waals surface area (Å²) in [6.45, 7) is 2.77. The minimum Gasteiger partial charge on any atom is -0.352 e. The van der Waals surface area contributed by atoms with Gasteiger partial charge in [0.1, 0.15) is 0 Å². The molecule has 1 heterocycles. The number of rotatable bonds is 3. The fourth-order valence-electron chi connectivity index (χ4n) is 2.09. The Kier molecular flexibility index (Phi) is 2.92. The van der Waals surface area contributed by atoms with Crippen molar-refractivity contribution in [3.05, 3.63) is 0 Å². The van der Waals surface area contributed by atoms with Gasteiger partial charge in [0.05, 0.1) is 18.2 Å². The highest BCUT2D eigenvalue weighted by Crippen LogP contribution is 2.22. The number of nitriles is 1. The third-order valence-electron chi connectivity index (χ3n) is 3.24. The van der Waals surface area contributed by atoms with Gasteiger partial charge >= 0.3 is 0 Å². The largest absolute Gasteiger partial charge is 0.352 e. The van der Waals surface area contributed by atoms with E-state index in [1.165, 1.54) is 0 Å². The van der Waals surface area contributed by atoms with E-state index in [2.05, 4.69) is 11.4 Å². The first-order chi connectivity index (χ1) is 7.22. The SMILES string of the molecule is CC(C(=O)NC1CC1)N1CCCC1C#N. The average molecular weight is 207 g/mol. The Labute approximate surface area is 90.2 Å². The summed E-state index contributed by atoms with van der Waals surface area (Å²) in [5.41, 5.74) is 0. The van der Waals surface area contributed by atoms with Crippen molar-refractivity contribution in [3.63, 3.8) is 0 Å². The molecule has 0 radical (unpaired) electrons. The highest BCUT2D eigenvalue weighted by Gasteiger charge is 2.34. The zero-order valence-corrected chi connectivity index (χ0v) is 9.07. The molecule has 2 aliphatic rings. The lowest BCUT2D eigenvalue weighted by Crippen LogP contribution is -2.47. The van der Waals surface area contributed by atoms with Crippen LogP contribution in [0.2, 0.25) is 0 Å². The van der Waals surface area contributed by atoms with E-state index in [1.54, 1.807) is 0 Å². The summed E-state index contributed by atoms with van der Waals surface area (Å²) in [7, 11) is 0. The van der Waals surface area contributed by atoms with Crippen LogP contribution in [-0.4, -0.2) is 35.5 Å². The molecule has 0 aromatic heterocycles. The monoisotopic (exact) mass is 207 g/mol. The third-order valence-corrected chi connectivity index (χ3v) is 3.24. The summed E-state index contributed by atoms with van der Waals surface area (Å²) in [5.74, 6) is 0.0830. The fraction of sp³-hybridized carbons (Fsp3) is 0.818. The molecule has 4 heteroatoms. The van der Waals surface area contributed by atoms with Crippen molar-refractivity contribution in [3.8, 4) is 6.07 Å². The van der Waals surface area contributed by atoms with Crippen molar-refractivity contribution >= 4 is 5.91 Å². The Balaban J connectivity index is 1.90. The van der Waals surface area contributed by atoms with Crippen LogP contribution in [0.15, 0.2) is 0 Å². The van der Waals surface area contributed by atoms with E-state index in [4.69, 9.17) is 5.26 Å². The van der Waals surface area contributed by atoms with Crippen LogP contribution in [0.25, 0.3) is 0 Å². The molecule has 1 aliphatic carbocycles. The average Bonchev–Trinajstić information content (AvgIpc) is 2.92. The van der Waals surface area contributed by atoms with Gasteiger partial charge in [-0.05, 0) is 32.6 Å². The first-order valence-electron chi connectivity index (χ1n) is 5.68. The molecule has 0 aromatic carbocycles. The van der Waals surface area contributed by atoms with Gasteiger partial charge < -0.3 is 5.32 Å². The van der Waals surface area contributed by atoms with Crippen molar-refractivity contribution in [2.24, 2.45) is 0 Å². The number of carbonyl (C=O) groups excluding carboxylic acids is 1. The fourth-order valence-corrected chi connectivity index (χ4v) is 2.09. The molecule has 0 spiro atoms. The maximum atomic E-state index is 11.8. The van der Waals surface area contributed by atoms with Crippen LogP contribution in [0, 0.1) is 11.3 Å². The van der Waals surface area contributed by atoms with Crippen LogP contribution in [0.4, 0.5) is 0 Å². The van der Waals surface area contributed by atoms with Crippen LogP contribution < -0.4 is 5.32 Å². The van der Waals surface area contributed by atoms with Gasteiger partial charge in [-0.1, -0.05) is 0 Å². The summed E-state index contributed by atoms with van der Waals surface area (Å²) in [6.07, 6.45) is 4.15. The van der Waals surface area contributed by atoms with Crippen molar-refractivity contribution in [1.82, 2.24) is 10.2 Å². The van der Waals surface area contributed by atoms with Gasteiger partial charge in [-0.25, -0.2) is 0 Å². The lowest BCUT2D eigenvalue weighted by atomic mass is 10.2. The molecular weight excluding hydrogens is 190 g/mol. The number of nitrogens with one attached hydrogen (secondary N) is 1. The van der Waals surface area contributed by atoms with Gasteiger partial charge in [0, 0.05) is 12.6 Å². The van der Waals surface area contributed by atoms with Crippen LogP contribution in [-0.2, 0) is 4.79 Å². The van der Waals surface area contributed by atoms with Gasteiger partial charge in [0.25, 0.3) is 0 Å². The molecule has 2 atom stereocenters. The number of amides is 1. The zero-order valence-electron chi connectivity index (χ0n) is 9.07. The number of likely N-dealkylation sites (tertiary alicyclic amines) is 1. The first kappa shape index (κ1) is 10.4. The van der Waals surface area contributed by atoms with Crippen molar-refractivity contribution in [2.45, 2.75) is 50.7 Å². The van der Waals surface area contributed by atoms with Crippen molar-refractivity contribution < 1.29 is 4.79 Å². The Hall–Kier alpha value is -1.08. The molecule has 0 bridgehead atoms. The van der Waals surface area contributed by atoms with Gasteiger partial charge in [-0.3, -0.25) is 9.69 Å². The predicted octanol–water partition coefficient (Wildman–Crippen LogP) is 0.641. The smallest absolute Gasteiger partial charge is 0.237 e. The first-order valence-corrected chi connectivity index (χ1v) is 5.68. The second-order valence-corrected chi connectivity index (χ2v) is 4.48. The lowest BCUT2D eigenvalue weighted by molar-refractivity contribution is -0.126. The topological polar surface area (TPSA) is 56.1 Å². The van der Waals surface area contributed by atoms with E-state index in [0.29, 0.717) is 6.04 Å². The van der Waals surface area contributed by atoms with E-state index in [9.17, 15) is 4.79 Å². The van der Waals surface area contributed by atoms with Gasteiger partial charge in [0.2, 0.25) is 5.91 Å². The van der Waals surface area contributed by atoms with Crippen LogP contribution in [0.3, 0.4) is 0 Å². The van der Waals surface area contributed by atoms with E-state index in [-0.39, 0.29) is 18.0 Å². The van der Waals surface area contributed by atoms with Crippen molar-refractivity contribution in [2.75, 3.05) is 6.54 Å². The predicted molar refractivity (Wildman–Crippen MR) is 56.0 cm³/mol. The Bertz CT molecular complexity index is 293. The van der Waals surface area contributed by atoms with Crippen LogP contribution >= 0.6 is 0 Å². The van der Waals surface area contributed by atoms with E-state index < -0.39 is 0 Å². The van der Waals surface area contributed by atoms with E-state index >= 15 is 0 Å². The van der Waals surface area contributed by atoms with Crippen molar-refractivity contribution in [1.29, 1.82) is 5.26 Å². The molecular formula is C11H17N3O. The molecule has 2 fully saturated rings. The van der Waals surface area contributed by atoms with E-state index in [0.717, 1.165) is 32.2 Å². The minimum absolute atomic E-state index is 0.0649. The van der Waals surface area contributed by atoms with Crippen LogP contribution in [0.1, 0.15) is 32.6 Å². The molecule has 15 heavy (non-hydrogen) atoms. The lowest BCUT2D eigenvalue weighted by Gasteiger charge is -2.25. The molecule has 0 aromatic rings. The summed E-state index contributed by atoms with van der Waals surface area (Å²) in [6, 6.07) is 2.45. The highest BCUT2D eigenvalue weighted by molar-refractivity contribution is 5.82. The Morgan fingerprint density at radius 3 is 2.87 bits per heavy atom. The number of hydrogen-bond donors (Lipinski definition) is 1. The molecule has 2 rings (SSSR count). The second kappa shape index (κ2) is 4.19.